The fourth-order valence-corrected chi connectivity index (χ4v) is 4.46. The van der Waals surface area contributed by atoms with Crippen LogP contribution in [-0.4, -0.2) is 49.6 Å². The van der Waals surface area contributed by atoms with Crippen LogP contribution < -0.4 is 16.2 Å². The normalized spacial score (nSPS) is 15.9. The second-order valence-electron chi connectivity index (χ2n) is 7.00. The van der Waals surface area contributed by atoms with E-state index < -0.39 is 27.9 Å². The van der Waals surface area contributed by atoms with Crippen molar-refractivity contribution in [2.75, 3.05) is 13.1 Å². The van der Waals surface area contributed by atoms with E-state index in [1.807, 2.05) is 0 Å². The lowest BCUT2D eigenvalue weighted by Gasteiger charge is -2.21. The van der Waals surface area contributed by atoms with Crippen LogP contribution in [0, 0.1) is 5.92 Å². The van der Waals surface area contributed by atoms with E-state index in [0.717, 1.165) is 12.8 Å². The Balaban J connectivity index is 2.06. The quantitative estimate of drug-likeness (QED) is 0.585. The van der Waals surface area contributed by atoms with Crippen molar-refractivity contribution in [3.8, 4) is 0 Å². The second-order valence-corrected chi connectivity index (χ2v) is 8.94. The summed E-state index contributed by atoms with van der Waals surface area (Å²) in [6, 6.07) is 4.85. The van der Waals surface area contributed by atoms with Crippen molar-refractivity contribution in [2.24, 2.45) is 5.92 Å². The van der Waals surface area contributed by atoms with Crippen LogP contribution in [0.25, 0.3) is 0 Å². The van der Waals surface area contributed by atoms with E-state index >= 15 is 0 Å². The molecule has 154 valence electrons. The summed E-state index contributed by atoms with van der Waals surface area (Å²) in [5.41, 5.74) is 4.62. The van der Waals surface area contributed by atoms with Crippen LogP contribution in [0.1, 0.15) is 44.0 Å². The molecule has 0 unspecified atom stereocenters. The van der Waals surface area contributed by atoms with Gasteiger partial charge in [0.05, 0.1) is 4.90 Å². The summed E-state index contributed by atoms with van der Waals surface area (Å²) in [7, 11) is -3.65. The maximum Gasteiger partial charge on any atom is 0.269 e. The number of sulfonamides is 1. The predicted octanol–water partition coefficient (Wildman–Crippen LogP) is 0.393. The van der Waals surface area contributed by atoms with E-state index in [2.05, 4.69) is 16.2 Å². The van der Waals surface area contributed by atoms with Gasteiger partial charge >= 0.3 is 0 Å². The number of benzene rings is 1. The molecule has 0 aliphatic carbocycles. The summed E-state index contributed by atoms with van der Waals surface area (Å²) in [4.78, 5) is 35.8. The van der Waals surface area contributed by atoms with Crippen molar-refractivity contribution in [1.82, 2.24) is 20.5 Å². The highest BCUT2D eigenvalue weighted by molar-refractivity contribution is 7.89. The first-order chi connectivity index (χ1) is 13.1. The van der Waals surface area contributed by atoms with Crippen molar-refractivity contribution in [3.05, 3.63) is 29.8 Å². The molecule has 1 atom stereocenters. The summed E-state index contributed by atoms with van der Waals surface area (Å²) >= 11 is 0. The van der Waals surface area contributed by atoms with E-state index in [1.54, 1.807) is 13.8 Å². The van der Waals surface area contributed by atoms with Gasteiger partial charge in [0.15, 0.2) is 0 Å². The number of hydrogen-bond acceptors (Lipinski definition) is 5. The molecular weight excluding hydrogens is 384 g/mol. The average Bonchev–Trinajstić information content (AvgIpc) is 3.19. The topological polar surface area (TPSA) is 125 Å². The van der Waals surface area contributed by atoms with Gasteiger partial charge in [0, 0.05) is 25.6 Å². The molecule has 0 aromatic heterocycles. The number of carbonyl (C=O) groups excluding carboxylic acids is 3. The molecule has 2 rings (SSSR count). The van der Waals surface area contributed by atoms with Crippen molar-refractivity contribution in [1.29, 1.82) is 0 Å². The fourth-order valence-electron chi connectivity index (χ4n) is 2.90. The molecule has 1 aromatic carbocycles. The summed E-state index contributed by atoms with van der Waals surface area (Å²) in [6.45, 7) is 5.75. The molecule has 0 bridgehead atoms. The first-order valence-electron chi connectivity index (χ1n) is 9.10. The second kappa shape index (κ2) is 9.16. The SMILES string of the molecule is CC(=O)N[C@@H](C(=O)NNC(=O)c1cccc(S(=O)(=O)N2CCCC2)c1)C(C)C. The van der Waals surface area contributed by atoms with Crippen LogP contribution in [0.15, 0.2) is 29.2 Å². The van der Waals surface area contributed by atoms with Crippen LogP contribution >= 0.6 is 0 Å². The summed E-state index contributed by atoms with van der Waals surface area (Å²) < 4.78 is 26.6. The Morgan fingerprint density at radius 2 is 1.71 bits per heavy atom. The molecule has 1 aliphatic heterocycles. The number of hydrogen-bond donors (Lipinski definition) is 3. The number of amides is 3. The molecule has 1 saturated heterocycles. The Kier molecular flexibility index (Phi) is 7.14. The first-order valence-corrected chi connectivity index (χ1v) is 10.5. The van der Waals surface area contributed by atoms with E-state index in [1.165, 1.54) is 35.5 Å². The van der Waals surface area contributed by atoms with Crippen LogP contribution in [-0.2, 0) is 19.6 Å². The Hall–Kier alpha value is -2.46. The molecule has 1 fully saturated rings. The van der Waals surface area contributed by atoms with Gasteiger partial charge in [-0.15, -0.1) is 0 Å². The zero-order chi connectivity index (χ0) is 20.9. The Morgan fingerprint density at radius 1 is 1.07 bits per heavy atom. The minimum absolute atomic E-state index is 0.0340. The van der Waals surface area contributed by atoms with E-state index in [-0.39, 0.29) is 22.3 Å². The third-order valence-corrected chi connectivity index (χ3v) is 6.30. The molecule has 0 spiro atoms. The van der Waals surface area contributed by atoms with E-state index in [0.29, 0.717) is 13.1 Å². The summed E-state index contributed by atoms with van der Waals surface area (Å²) in [5.74, 6) is -1.77. The molecule has 3 N–H and O–H groups in total. The van der Waals surface area contributed by atoms with Gasteiger partial charge in [-0.25, -0.2) is 8.42 Å². The van der Waals surface area contributed by atoms with E-state index in [9.17, 15) is 22.8 Å². The van der Waals surface area contributed by atoms with Crippen LogP contribution in [0.5, 0.6) is 0 Å². The molecule has 1 aliphatic rings. The summed E-state index contributed by atoms with van der Waals surface area (Å²) in [5, 5.41) is 2.52. The number of rotatable bonds is 6. The monoisotopic (exact) mass is 410 g/mol. The van der Waals surface area contributed by atoms with Crippen molar-refractivity contribution < 1.29 is 22.8 Å². The molecule has 9 nitrogen and oxygen atoms in total. The standard InChI is InChI=1S/C18H26N4O5S/c1-12(2)16(19-13(3)23)18(25)21-20-17(24)14-7-6-8-15(11-14)28(26,27)22-9-4-5-10-22/h6-8,11-12,16H,4-5,9-10H2,1-3H3,(H,19,23)(H,20,24)(H,21,25)/t16-/m1/s1. The minimum atomic E-state index is -3.65. The molecule has 3 amide bonds. The van der Waals surface area contributed by atoms with Gasteiger partial charge in [0.1, 0.15) is 6.04 Å². The maximum atomic E-state index is 12.6. The van der Waals surface area contributed by atoms with Crippen molar-refractivity contribution >= 4 is 27.7 Å². The smallest absolute Gasteiger partial charge is 0.269 e. The molecule has 28 heavy (non-hydrogen) atoms. The zero-order valence-electron chi connectivity index (χ0n) is 16.2. The lowest BCUT2D eigenvalue weighted by Crippen LogP contribution is -2.54. The maximum absolute atomic E-state index is 12.6. The Morgan fingerprint density at radius 3 is 2.29 bits per heavy atom. The lowest BCUT2D eigenvalue weighted by atomic mass is 10.0. The van der Waals surface area contributed by atoms with Crippen LogP contribution in [0.4, 0.5) is 0 Å². The largest absolute Gasteiger partial charge is 0.344 e. The molecule has 0 radical (unpaired) electrons. The molecule has 1 aromatic rings. The van der Waals surface area contributed by atoms with Crippen molar-refractivity contribution in [2.45, 2.75) is 44.6 Å². The number of carbonyl (C=O) groups is 3. The first kappa shape index (κ1) is 21.8. The minimum Gasteiger partial charge on any atom is -0.344 e. The van der Waals surface area contributed by atoms with Gasteiger partial charge in [-0.05, 0) is 37.0 Å². The van der Waals surface area contributed by atoms with Gasteiger partial charge < -0.3 is 5.32 Å². The number of hydrazine groups is 1. The third kappa shape index (κ3) is 5.29. The summed E-state index contributed by atoms with van der Waals surface area (Å²) in [6.07, 6.45) is 1.63. The predicted molar refractivity (Wildman–Crippen MR) is 102 cm³/mol. The number of nitrogens with one attached hydrogen (secondary N) is 3. The van der Waals surface area contributed by atoms with E-state index in [4.69, 9.17) is 0 Å². The molecule has 10 heteroatoms. The van der Waals surface area contributed by atoms with Gasteiger partial charge in [-0.1, -0.05) is 19.9 Å². The molecule has 0 saturated carbocycles. The molecule has 1 heterocycles. The highest BCUT2D eigenvalue weighted by Gasteiger charge is 2.28. The van der Waals surface area contributed by atoms with Crippen LogP contribution in [0.3, 0.4) is 0 Å². The van der Waals surface area contributed by atoms with Gasteiger partial charge in [-0.2, -0.15) is 4.31 Å². The third-order valence-electron chi connectivity index (χ3n) is 4.41. The van der Waals surface area contributed by atoms with Gasteiger partial charge in [0.25, 0.3) is 11.8 Å². The Bertz CT molecular complexity index is 847. The zero-order valence-corrected chi connectivity index (χ0v) is 17.0. The Labute approximate surface area is 164 Å². The van der Waals surface area contributed by atoms with Gasteiger partial charge in [0.2, 0.25) is 15.9 Å². The van der Waals surface area contributed by atoms with Crippen LogP contribution in [0.2, 0.25) is 0 Å². The molecular formula is C18H26N4O5S. The van der Waals surface area contributed by atoms with Crippen molar-refractivity contribution in [3.63, 3.8) is 0 Å². The van der Waals surface area contributed by atoms with Gasteiger partial charge in [-0.3, -0.25) is 25.2 Å². The highest BCUT2D eigenvalue weighted by atomic mass is 32.2. The average molecular weight is 410 g/mol. The highest BCUT2D eigenvalue weighted by Crippen LogP contribution is 2.21. The number of nitrogens with zero attached hydrogens (tertiary/aromatic N) is 1. The fraction of sp³-hybridized carbons (Fsp3) is 0.500. The lowest BCUT2D eigenvalue weighted by molar-refractivity contribution is -0.129.